The topological polar surface area (TPSA) is 86.3 Å². The fraction of sp³-hybridized carbons (Fsp3) is 0.206. The summed E-state index contributed by atoms with van der Waals surface area (Å²) in [5.41, 5.74) is 14.2. The van der Waals surface area contributed by atoms with Gasteiger partial charge in [-0.05, 0) is 91.6 Å². The molecule has 41 heavy (non-hydrogen) atoms. The van der Waals surface area contributed by atoms with Crippen molar-refractivity contribution in [1.82, 2.24) is 5.32 Å². The Hall–Kier alpha value is -4.91. The van der Waals surface area contributed by atoms with Gasteiger partial charge >= 0.3 is 0 Å². The lowest BCUT2D eigenvalue weighted by Gasteiger charge is -2.17. The second kappa shape index (κ2) is 13.9. The van der Waals surface area contributed by atoms with E-state index >= 15 is 0 Å². The molecule has 3 rings (SSSR count). The van der Waals surface area contributed by atoms with E-state index in [-0.39, 0.29) is 5.91 Å². The SMILES string of the molecule is C=C(/C=C\C(=C)C1=N/C(=C/C(=C\C)N=C(N)c2ccc(N(C)C)cc2)C(=C)CC1)NC(=O)c1ccc(N(C)C)cc1. The summed E-state index contributed by atoms with van der Waals surface area (Å²) in [5, 5.41) is 2.82. The van der Waals surface area contributed by atoms with Crippen LogP contribution in [0.25, 0.3) is 0 Å². The van der Waals surface area contributed by atoms with Crippen LogP contribution in [0.5, 0.6) is 0 Å². The first-order valence-electron chi connectivity index (χ1n) is 13.4. The molecule has 1 heterocycles. The van der Waals surface area contributed by atoms with Crippen LogP contribution in [0, 0.1) is 0 Å². The van der Waals surface area contributed by atoms with Gasteiger partial charge in [0.1, 0.15) is 5.84 Å². The number of amides is 1. The number of anilines is 2. The van der Waals surface area contributed by atoms with Crippen molar-refractivity contribution in [3.8, 4) is 0 Å². The van der Waals surface area contributed by atoms with Crippen molar-refractivity contribution in [3.63, 3.8) is 0 Å². The molecule has 2 aromatic carbocycles. The number of carbonyl (C=O) groups is 1. The summed E-state index contributed by atoms with van der Waals surface area (Å²) in [6, 6.07) is 15.3. The van der Waals surface area contributed by atoms with Gasteiger partial charge in [0.2, 0.25) is 0 Å². The lowest BCUT2D eigenvalue weighted by molar-refractivity contribution is 0.0967. The van der Waals surface area contributed by atoms with Crippen LogP contribution < -0.4 is 20.9 Å². The smallest absolute Gasteiger partial charge is 0.255 e. The molecule has 0 bridgehead atoms. The summed E-state index contributed by atoms with van der Waals surface area (Å²) in [6.07, 6.45) is 8.78. The minimum atomic E-state index is -0.223. The molecule has 0 aromatic heterocycles. The molecule has 7 heteroatoms. The van der Waals surface area contributed by atoms with Crippen molar-refractivity contribution in [3.05, 3.63) is 132 Å². The molecular formula is C34H40N6O. The average Bonchev–Trinajstić information content (AvgIpc) is 2.96. The third kappa shape index (κ3) is 8.54. The van der Waals surface area contributed by atoms with Crippen LogP contribution in [-0.4, -0.2) is 45.6 Å². The van der Waals surface area contributed by atoms with E-state index in [1.807, 2.05) is 99.5 Å². The Morgan fingerprint density at radius 1 is 0.927 bits per heavy atom. The number of benzene rings is 2. The Labute approximate surface area is 244 Å². The number of aliphatic imine (C=N–C) groups is 2. The standard InChI is InChI=1S/C34H40N6O/c1-9-28(37-33(35)26-13-17-29(18-14-26)39(5)6)22-32-24(3)11-21-31(38-32)23(2)10-12-25(4)36-34(41)27-15-19-30(20-16-27)40(7)8/h9-10,12-20,22H,2-4,11,21H2,1,5-8H3,(H2,35,37)(H,36,41)/b12-10-,28-9+,32-22+. The molecule has 3 N–H and O–H groups in total. The van der Waals surface area contributed by atoms with E-state index in [4.69, 9.17) is 10.7 Å². The summed E-state index contributed by atoms with van der Waals surface area (Å²) in [4.78, 5) is 26.1. The number of carbonyl (C=O) groups excluding carboxylic acids is 1. The summed E-state index contributed by atoms with van der Waals surface area (Å²) in [6.45, 7) is 14.2. The first-order chi connectivity index (χ1) is 19.5. The van der Waals surface area contributed by atoms with Crippen LogP contribution in [0.4, 0.5) is 11.4 Å². The summed E-state index contributed by atoms with van der Waals surface area (Å²) in [7, 11) is 7.90. The number of rotatable bonds is 10. The summed E-state index contributed by atoms with van der Waals surface area (Å²) in [5.74, 6) is 0.201. The minimum absolute atomic E-state index is 0.223. The van der Waals surface area contributed by atoms with Gasteiger partial charge < -0.3 is 20.9 Å². The predicted molar refractivity (Wildman–Crippen MR) is 175 cm³/mol. The zero-order valence-electron chi connectivity index (χ0n) is 24.7. The Morgan fingerprint density at radius 2 is 1.49 bits per heavy atom. The molecule has 0 saturated heterocycles. The number of nitrogens with two attached hydrogens (primary N) is 1. The van der Waals surface area contributed by atoms with Crippen LogP contribution in [0.2, 0.25) is 0 Å². The van der Waals surface area contributed by atoms with E-state index in [0.29, 0.717) is 29.2 Å². The van der Waals surface area contributed by atoms with Crippen molar-refractivity contribution in [2.45, 2.75) is 19.8 Å². The van der Waals surface area contributed by atoms with Gasteiger partial charge in [-0.25, -0.2) is 4.99 Å². The number of allylic oxidation sites excluding steroid dienone is 6. The molecule has 0 aliphatic carbocycles. The number of hydrogen-bond donors (Lipinski definition) is 2. The average molecular weight is 549 g/mol. The highest BCUT2D eigenvalue weighted by atomic mass is 16.1. The number of nitrogens with zero attached hydrogens (tertiary/aromatic N) is 4. The minimum Gasteiger partial charge on any atom is -0.383 e. The van der Waals surface area contributed by atoms with Crippen LogP contribution in [0.15, 0.2) is 131 Å². The van der Waals surface area contributed by atoms with Crippen molar-refractivity contribution in [1.29, 1.82) is 0 Å². The summed E-state index contributed by atoms with van der Waals surface area (Å²) < 4.78 is 0. The molecule has 212 valence electrons. The van der Waals surface area contributed by atoms with Crippen LogP contribution in [0.3, 0.4) is 0 Å². The molecule has 0 radical (unpaired) electrons. The van der Waals surface area contributed by atoms with Crippen LogP contribution >= 0.6 is 0 Å². The van der Waals surface area contributed by atoms with Crippen LogP contribution in [0.1, 0.15) is 35.7 Å². The maximum absolute atomic E-state index is 12.6. The molecule has 2 aromatic rings. The van der Waals surface area contributed by atoms with Crippen molar-refractivity contribution >= 4 is 28.8 Å². The lowest BCUT2D eigenvalue weighted by Crippen LogP contribution is -2.21. The van der Waals surface area contributed by atoms with Crippen LogP contribution in [-0.2, 0) is 0 Å². The van der Waals surface area contributed by atoms with E-state index in [1.54, 1.807) is 18.2 Å². The molecule has 1 amide bonds. The van der Waals surface area contributed by atoms with Gasteiger partial charge in [-0.1, -0.05) is 31.9 Å². The molecule has 7 nitrogen and oxygen atoms in total. The van der Waals surface area contributed by atoms with Crippen molar-refractivity contribution < 1.29 is 4.79 Å². The second-order valence-electron chi connectivity index (χ2n) is 10.1. The largest absolute Gasteiger partial charge is 0.383 e. The fourth-order valence-electron chi connectivity index (χ4n) is 3.97. The highest BCUT2D eigenvalue weighted by molar-refractivity contribution is 6.04. The number of nitrogens with one attached hydrogen (secondary N) is 1. The third-order valence-electron chi connectivity index (χ3n) is 6.57. The first kappa shape index (κ1) is 30.6. The normalized spacial score (nSPS) is 15.1. The Morgan fingerprint density at radius 3 is 2.02 bits per heavy atom. The monoisotopic (exact) mass is 548 g/mol. The maximum atomic E-state index is 12.6. The molecule has 0 saturated carbocycles. The van der Waals surface area contributed by atoms with Gasteiger partial charge in [-0.15, -0.1) is 0 Å². The highest BCUT2D eigenvalue weighted by Crippen LogP contribution is 2.26. The van der Waals surface area contributed by atoms with Gasteiger partial charge in [0, 0.05) is 62.1 Å². The lowest BCUT2D eigenvalue weighted by atomic mass is 9.97. The third-order valence-corrected chi connectivity index (χ3v) is 6.57. The quantitative estimate of drug-likeness (QED) is 0.212. The zero-order valence-corrected chi connectivity index (χ0v) is 24.7. The van der Waals surface area contributed by atoms with E-state index in [1.165, 1.54) is 0 Å². The molecular weight excluding hydrogens is 508 g/mol. The Balaban J connectivity index is 1.69. The highest BCUT2D eigenvalue weighted by Gasteiger charge is 2.15. The first-order valence-corrected chi connectivity index (χ1v) is 13.4. The van der Waals surface area contributed by atoms with E-state index in [0.717, 1.165) is 45.9 Å². The van der Waals surface area contributed by atoms with Gasteiger partial charge in [0.05, 0.1) is 11.4 Å². The van der Waals surface area contributed by atoms with Gasteiger partial charge in [-0.3, -0.25) is 9.79 Å². The number of amidine groups is 1. The van der Waals surface area contributed by atoms with Gasteiger partial charge in [-0.2, -0.15) is 0 Å². The molecule has 1 aliphatic heterocycles. The van der Waals surface area contributed by atoms with Gasteiger partial charge in [0.25, 0.3) is 5.91 Å². The number of hydrogen-bond acceptors (Lipinski definition) is 5. The molecule has 0 atom stereocenters. The molecule has 0 spiro atoms. The van der Waals surface area contributed by atoms with E-state index in [9.17, 15) is 4.79 Å². The van der Waals surface area contributed by atoms with Crippen molar-refractivity contribution in [2.75, 3.05) is 38.0 Å². The van der Waals surface area contributed by atoms with E-state index < -0.39 is 0 Å². The Bertz CT molecular complexity index is 1470. The molecule has 0 unspecified atom stereocenters. The van der Waals surface area contributed by atoms with Gasteiger partial charge in [0.15, 0.2) is 0 Å². The Kier molecular flexibility index (Phi) is 10.4. The zero-order chi connectivity index (χ0) is 30.1. The second-order valence-corrected chi connectivity index (χ2v) is 10.1. The molecule has 0 fully saturated rings. The van der Waals surface area contributed by atoms with Crippen molar-refractivity contribution in [2.24, 2.45) is 15.7 Å². The maximum Gasteiger partial charge on any atom is 0.255 e. The fourth-order valence-corrected chi connectivity index (χ4v) is 3.97. The molecule has 1 aliphatic rings. The predicted octanol–water partition coefficient (Wildman–Crippen LogP) is 6.16. The summed E-state index contributed by atoms with van der Waals surface area (Å²) >= 11 is 0. The van der Waals surface area contributed by atoms with E-state index in [2.05, 4.69) is 30.0 Å².